The van der Waals surface area contributed by atoms with Crippen molar-refractivity contribution in [3.05, 3.63) is 52.1 Å². The maximum Gasteiger partial charge on any atom is 0.375 e. The molecule has 1 N–H and O–H groups in total. The predicted molar refractivity (Wildman–Crippen MR) is 104 cm³/mol. The molecule has 11 heteroatoms. The number of ether oxygens (including phenoxy) is 4. The number of phenols is 1. The standard InChI is InChI=1S/C20H19NO10/c1-3-29-20(25)17(24)10-16(23)19-15(22)8-14(30-11-28-2)9-18(19)31-13-6-4-12(5-7-13)21(26)27/h4-9,22H,3,10-11H2,1-2H3. The van der Waals surface area contributed by atoms with Gasteiger partial charge in [-0.25, -0.2) is 4.79 Å². The SMILES string of the molecule is CCOC(=O)C(=O)CC(=O)c1c(O)cc(OCOC)cc1Oc1ccc([N+](=O)[O-])cc1. The van der Waals surface area contributed by atoms with Gasteiger partial charge in [-0.3, -0.25) is 19.7 Å². The topological polar surface area (TPSA) is 152 Å². The third-order valence-electron chi connectivity index (χ3n) is 3.78. The van der Waals surface area contributed by atoms with Crippen LogP contribution in [0.3, 0.4) is 0 Å². The second kappa shape index (κ2) is 10.7. The average molecular weight is 433 g/mol. The summed E-state index contributed by atoms with van der Waals surface area (Å²) < 4.78 is 20.2. The van der Waals surface area contributed by atoms with E-state index in [0.717, 1.165) is 6.07 Å². The summed E-state index contributed by atoms with van der Waals surface area (Å²) in [5, 5.41) is 21.2. The van der Waals surface area contributed by atoms with Crippen molar-refractivity contribution < 1.29 is 43.4 Å². The summed E-state index contributed by atoms with van der Waals surface area (Å²) in [6, 6.07) is 7.33. The van der Waals surface area contributed by atoms with Crippen molar-refractivity contribution in [1.82, 2.24) is 0 Å². The molecule has 31 heavy (non-hydrogen) atoms. The molecule has 2 aromatic rings. The van der Waals surface area contributed by atoms with Gasteiger partial charge in [0.15, 0.2) is 12.6 Å². The summed E-state index contributed by atoms with van der Waals surface area (Å²) in [4.78, 5) is 46.3. The van der Waals surface area contributed by atoms with E-state index in [1.54, 1.807) is 0 Å². The molecule has 0 radical (unpaired) electrons. The van der Waals surface area contributed by atoms with Crippen LogP contribution in [0.4, 0.5) is 5.69 Å². The fourth-order valence-corrected chi connectivity index (χ4v) is 2.43. The third-order valence-corrected chi connectivity index (χ3v) is 3.78. The molecule has 0 aliphatic heterocycles. The largest absolute Gasteiger partial charge is 0.507 e. The van der Waals surface area contributed by atoms with E-state index in [1.807, 2.05) is 0 Å². The summed E-state index contributed by atoms with van der Waals surface area (Å²) >= 11 is 0. The molecule has 0 aromatic heterocycles. The van der Waals surface area contributed by atoms with Crippen molar-refractivity contribution in [1.29, 1.82) is 0 Å². The van der Waals surface area contributed by atoms with Crippen LogP contribution in [0.15, 0.2) is 36.4 Å². The Bertz CT molecular complexity index is 984. The number of ketones is 2. The first-order chi connectivity index (χ1) is 14.8. The molecule has 0 saturated heterocycles. The number of methoxy groups -OCH3 is 1. The van der Waals surface area contributed by atoms with Crippen LogP contribution in [0.2, 0.25) is 0 Å². The van der Waals surface area contributed by atoms with Crippen LogP contribution in [-0.2, 0) is 19.1 Å². The highest BCUT2D eigenvalue weighted by Crippen LogP contribution is 2.37. The Morgan fingerprint density at radius 2 is 1.77 bits per heavy atom. The first-order valence-electron chi connectivity index (χ1n) is 8.91. The zero-order valence-electron chi connectivity index (χ0n) is 16.7. The van der Waals surface area contributed by atoms with Crippen LogP contribution >= 0.6 is 0 Å². The van der Waals surface area contributed by atoms with Gasteiger partial charge in [0.1, 0.15) is 28.6 Å². The molecule has 0 bridgehead atoms. The number of aromatic hydroxyl groups is 1. The Morgan fingerprint density at radius 1 is 1.10 bits per heavy atom. The fourth-order valence-electron chi connectivity index (χ4n) is 2.43. The van der Waals surface area contributed by atoms with E-state index in [-0.39, 0.29) is 41.9 Å². The van der Waals surface area contributed by atoms with Crippen LogP contribution in [-0.4, -0.2) is 48.1 Å². The summed E-state index contributed by atoms with van der Waals surface area (Å²) in [7, 11) is 1.38. The zero-order valence-corrected chi connectivity index (χ0v) is 16.7. The molecule has 0 amide bonds. The van der Waals surface area contributed by atoms with Crippen molar-refractivity contribution >= 4 is 23.2 Å². The number of nitro benzene ring substituents is 1. The smallest absolute Gasteiger partial charge is 0.375 e. The second-order valence-electron chi connectivity index (χ2n) is 5.96. The zero-order chi connectivity index (χ0) is 23.0. The maximum atomic E-state index is 12.6. The number of hydrogen-bond donors (Lipinski definition) is 1. The molecule has 164 valence electrons. The number of nitro groups is 1. The normalized spacial score (nSPS) is 10.3. The van der Waals surface area contributed by atoms with E-state index < -0.39 is 34.6 Å². The van der Waals surface area contributed by atoms with Gasteiger partial charge in [-0.2, -0.15) is 0 Å². The highest BCUT2D eigenvalue weighted by molar-refractivity contribution is 6.38. The molecule has 0 heterocycles. The van der Waals surface area contributed by atoms with Gasteiger partial charge in [-0.05, 0) is 19.1 Å². The first-order valence-corrected chi connectivity index (χ1v) is 8.91. The number of benzene rings is 2. The Morgan fingerprint density at radius 3 is 2.35 bits per heavy atom. The Hall–Kier alpha value is -3.99. The van der Waals surface area contributed by atoms with Gasteiger partial charge in [0.05, 0.1) is 18.0 Å². The molecule has 0 unspecified atom stereocenters. The minimum Gasteiger partial charge on any atom is -0.507 e. The van der Waals surface area contributed by atoms with Crippen LogP contribution < -0.4 is 9.47 Å². The lowest BCUT2D eigenvalue weighted by molar-refractivity contribution is -0.384. The van der Waals surface area contributed by atoms with E-state index in [9.17, 15) is 29.6 Å². The van der Waals surface area contributed by atoms with Gasteiger partial charge in [-0.1, -0.05) is 0 Å². The molecular weight excluding hydrogens is 414 g/mol. The van der Waals surface area contributed by atoms with Crippen LogP contribution in [0.1, 0.15) is 23.7 Å². The van der Waals surface area contributed by atoms with Gasteiger partial charge < -0.3 is 24.1 Å². The molecule has 2 rings (SSSR count). The van der Waals surface area contributed by atoms with Gasteiger partial charge >= 0.3 is 5.97 Å². The lowest BCUT2D eigenvalue weighted by Gasteiger charge is -2.14. The van der Waals surface area contributed by atoms with E-state index in [0.29, 0.717) is 0 Å². The average Bonchev–Trinajstić information content (AvgIpc) is 2.72. The molecular formula is C20H19NO10. The van der Waals surface area contributed by atoms with Crippen molar-refractivity contribution in [2.45, 2.75) is 13.3 Å². The molecule has 0 aliphatic carbocycles. The number of carbonyl (C=O) groups is 3. The lowest BCUT2D eigenvalue weighted by Crippen LogP contribution is -2.21. The molecule has 0 atom stereocenters. The number of Topliss-reactive ketones (excluding diaryl/α,β-unsaturated/α-hetero) is 2. The second-order valence-corrected chi connectivity index (χ2v) is 5.96. The fraction of sp³-hybridized carbons (Fsp3) is 0.250. The van der Waals surface area contributed by atoms with E-state index in [2.05, 4.69) is 4.74 Å². The minimum absolute atomic E-state index is 0.0376. The number of hydrogen-bond acceptors (Lipinski definition) is 10. The van der Waals surface area contributed by atoms with Gasteiger partial charge in [0.2, 0.25) is 5.78 Å². The number of phenolic OH excluding ortho intramolecular Hbond substituents is 1. The van der Waals surface area contributed by atoms with Crippen molar-refractivity contribution in [3.63, 3.8) is 0 Å². The third kappa shape index (κ3) is 6.24. The molecule has 0 spiro atoms. The highest BCUT2D eigenvalue weighted by atomic mass is 16.7. The molecule has 0 saturated carbocycles. The number of non-ortho nitro benzene ring substituents is 1. The Balaban J connectivity index is 2.39. The molecule has 2 aromatic carbocycles. The summed E-state index contributed by atoms with van der Waals surface area (Å²) in [5.74, 6) is -3.72. The Kier molecular flexibility index (Phi) is 8.03. The van der Waals surface area contributed by atoms with Crippen LogP contribution in [0.25, 0.3) is 0 Å². The highest BCUT2D eigenvalue weighted by Gasteiger charge is 2.26. The van der Waals surface area contributed by atoms with Crippen LogP contribution in [0.5, 0.6) is 23.0 Å². The van der Waals surface area contributed by atoms with E-state index >= 15 is 0 Å². The number of esters is 1. The predicted octanol–water partition coefficient (Wildman–Crippen LogP) is 2.78. The van der Waals surface area contributed by atoms with Gasteiger partial charge in [0, 0.05) is 31.4 Å². The van der Waals surface area contributed by atoms with Crippen molar-refractivity contribution in [2.24, 2.45) is 0 Å². The summed E-state index contributed by atoms with van der Waals surface area (Å²) in [6.07, 6.45) is -0.860. The monoisotopic (exact) mass is 433 g/mol. The molecule has 11 nitrogen and oxygen atoms in total. The summed E-state index contributed by atoms with van der Waals surface area (Å²) in [6.45, 7) is 1.31. The number of rotatable bonds is 11. The maximum absolute atomic E-state index is 12.6. The molecule has 0 fully saturated rings. The quantitative estimate of drug-likeness (QED) is 0.106. The van der Waals surface area contributed by atoms with Crippen molar-refractivity contribution in [2.75, 3.05) is 20.5 Å². The van der Waals surface area contributed by atoms with Gasteiger partial charge in [0.25, 0.3) is 5.69 Å². The molecule has 0 aliphatic rings. The first kappa shape index (κ1) is 23.3. The number of carbonyl (C=O) groups excluding carboxylic acids is 3. The van der Waals surface area contributed by atoms with Crippen LogP contribution in [0, 0.1) is 10.1 Å². The van der Waals surface area contributed by atoms with Gasteiger partial charge in [-0.15, -0.1) is 0 Å². The summed E-state index contributed by atoms with van der Waals surface area (Å²) in [5.41, 5.74) is -0.551. The minimum atomic E-state index is -1.17. The van der Waals surface area contributed by atoms with E-state index in [4.69, 9.17) is 14.2 Å². The Labute approximate surface area is 176 Å². The lowest BCUT2D eigenvalue weighted by atomic mass is 10.0. The van der Waals surface area contributed by atoms with E-state index in [1.165, 1.54) is 44.4 Å². The number of nitrogens with zero attached hydrogens (tertiary/aromatic N) is 1. The van der Waals surface area contributed by atoms with Crippen molar-refractivity contribution in [3.8, 4) is 23.0 Å².